The quantitative estimate of drug-likeness (QED) is 0.673. The summed E-state index contributed by atoms with van der Waals surface area (Å²) in [6.07, 6.45) is 2.07. The van der Waals surface area contributed by atoms with Gasteiger partial charge in [-0.25, -0.2) is 0 Å². The maximum Gasteiger partial charge on any atom is 0.140 e. The topological polar surface area (TPSA) is 17.1 Å². The summed E-state index contributed by atoms with van der Waals surface area (Å²) in [5.74, 6) is 0.316. The molecule has 0 saturated heterocycles. The lowest BCUT2D eigenvalue weighted by atomic mass is 9.92. The van der Waals surface area contributed by atoms with E-state index in [0.29, 0.717) is 5.78 Å². The van der Waals surface area contributed by atoms with Crippen molar-refractivity contribution in [2.24, 2.45) is 0 Å². The van der Waals surface area contributed by atoms with Gasteiger partial charge in [0.2, 0.25) is 0 Å². The van der Waals surface area contributed by atoms with Gasteiger partial charge in [-0.05, 0) is 32.3 Å². The monoisotopic (exact) mass is 174 g/mol. The first-order valence-electron chi connectivity index (χ1n) is 4.73. The van der Waals surface area contributed by atoms with E-state index >= 15 is 0 Å². The van der Waals surface area contributed by atoms with Crippen molar-refractivity contribution in [3.8, 4) is 0 Å². The second kappa shape index (κ2) is 2.69. The highest BCUT2D eigenvalue weighted by molar-refractivity contribution is 5.91. The first kappa shape index (κ1) is 8.49. The van der Waals surface area contributed by atoms with Gasteiger partial charge in [-0.15, -0.1) is 0 Å². The first-order chi connectivity index (χ1) is 6.15. The van der Waals surface area contributed by atoms with Crippen LogP contribution in [-0.2, 0) is 10.2 Å². The first-order valence-corrected chi connectivity index (χ1v) is 4.73. The Hall–Kier alpha value is -1.11. The minimum Gasteiger partial charge on any atom is -0.299 e. The minimum absolute atomic E-state index is 0.103. The maximum absolute atomic E-state index is 11.4. The van der Waals surface area contributed by atoms with Crippen LogP contribution in [0.25, 0.3) is 0 Å². The van der Waals surface area contributed by atoms with Gasteiger partial charge in [-0.2, -0.15) is 0 Å². The Balaban J connectivity index is 2.36. The van der Waals surface area contributed by atoms with Crippen LogP contribution in [-0.4, -0.2) is 5.78 Å². The van der Waals surface area contributed by atoms with Gasteiger partial charge in [0.25, 0.3) is 0 Å². The molecule has 0 N–H and O–H groups in total. The number of carbonyl (C=O) groups is 1. The van der Waals surface area contributed by atoms with Gasteiger partial charge in [0, 0.05) is 0 Å². The number of carbonyl (C=O) groups excluding carboxylic acids is 1. The smallest absolute Gasteiger partial charge is 0.140 e. The molecular weight excluding hydrogens is 160 g/mol. The summed E-state index contributed by atoms with van der Waals surface area (Å²) in [6.45, 7) is 3.77. The Labute approximate surface area is 78.8 Å². The summed E-state index contributed by atoms with van der Waals surface area (Å²) in [5.41, 5.74) is 2.35. The van der Waals surface area contributed by atoms with Crippen molar-refractivity contribution in [1.29, 1.82) is 0 Å². The van der Waals surface area contributed by atoms with Crippen LogP contribution in [0.4, 0.5) is 0 Å². The molecule has 0 unspecified atom stereocenters. The largest absolute Gasteiger partial charge is 0.299 e. The van der Waals surface area contributed by atoms with Gasteiger partial charge in [-0.3, -0.25) is 4.79 Å². The average molecular weight is 174 g/mol. The Kier molecular flexibility index (Phi) is 1.76. The minimum atomic E-state index is -0.103. The fraction of sp³-hybridized carbons (Fsp3) is 0.417. The lowest BCUT2D eigenvalue weighted by Gasteiger charge is -2.11. The summed E-state index contributed by atoms with van der Waals surface area (Å²) >= 11 is 0. The van der Waals surface area contributed by atoms with E-state index in [1.165, 1.54) is 11.1 Å². The van der Waals surface area contributed by atoms with Crippen molar-refractivity contribution < 1.29 is 4.79 Å². The molecule has 13 heavy (non-hydrogen) atoms. The summed E-state index contributed by atoms with van der Waals surface area (Å²) in [6, 6.07) is 8.34. The van der Waals surface area contributed by atoms with Crippen molar-refractivity contribution in [1.82, 2.24) is 0 Å². The van der Waals surface area contributed by atoms with Gasteiger partial charge in [0.05, 0.1) is 5.41 Å². The number of benzene rings is 1. The van der Waals surface area contributed by atoms with Crippen LogP contribution in [0.15, 0.2) is 24.3 Å². The Morgan fingerprint density at radius 2 is 1.77 bits per heavy atom. The molecular formula is C12H14O. The lowest BCUT2D eigenvalue weighted by molar-refractivity contribution is -0.119. The predicted octanol–water partition coefficient (Wildman–Crippen LogP) is 2.62. The van der Waals surface area contributed by atoms with Crippen molar-refractivity contribution in [2.75, 3.05) is 0 Å². The zero-order chi connectivity index (χ0) is 9.47. The molecule has 2 rings (SSSR count). The second-order valence-corrected chi connectivity index (χ2v) is 4.00. The molecule has 1 aromatic rings. The third-order valence-electron chi connectivity index (χ3n) is 3.03. The molecule has 1 aliphatic rings. The SMILES string of the molecule is CC(=O)C1(c2ccc(C)cc2)CC1. The predicted molar refractivity (Wildman–Crippen MR) is 52.8 cm³/mol. The van der Waals surface area contributed by atoms with Crippen LogP contribution in [0.1, 0.15) is 30.9 Å². The number of hydrogen-bond donors (Lipinski definition) is 0. The highest BCUT2D eigenvalue weighted by atomic mass is 16.1. The van der Waals surface area contributed by atoms with Gasteiger partial charge < -0.3 is 0 Å². The molecule has 0 bridgehead atoms. The molecule has 0 spiro atoms. The number of Topliss-reactive ketones (excluding diaryl/α,β-unsaturated/α-hetero) is 1. The molecule has 0 radical (unpaired) electrons. The molecule has 1 fully saturated rings. The van der Waals surface area contributed by atoms with Crippen LogP contribution in [0, 0.1) is 6.92 Å². The fourth-order valence-corrected chi connectivity index (χ4v) is 1.84. The standard InChI is InChI=1S/C12H14O/c1-9-3-5-11(6-4-9)12(7-8-12)10(2)13/h3-6H,7-8H2,1-2H3. The van der Waals surface area contributed by atoms with E-state index in [1.807, 2.05) is 0 Å². The number of ketones is 1. The molecule has 0 amide bonds. The maximum atomic E-state index is 11.4. The third-order valence-corrected chi connectivity index (χ3v) is 3.03. The van der Waals surface area contributed by atoms with E-state index in [4.69, 9.17) is 0 Å². The lowest BCUT2D eigenvalue weighted by Crippen LogP contribution is -2.16. The van der Waals surface area contributed by atoms with Gasteiger partial charge in [0.1, 0.15) is 5.78 Å². The van der Waals surface area contributed by atoms with Gasteiger partial charge in [0.15, 0.2) is 0 Å². The number of hydrogen-bond acceptors (Lipinski definition) is 1. The van der Waals surface area contributed by atoms with E-state index < -0.39 is 0 Å². The molecule has 0 aromatic heterocycles. The van der Waals surface area contributed by atoms with Crippen LogP contribution >= 0.6 is 0 Å². The third kappa shape index (κ3) is 1.28. The van der Waals surface area contributed by atoms with Crippen LogP contribution in [0.3, 0.4) is 0 Å². The zero-order valence-electron chi connectivity index (χ0n) is 8.13. The normalized spacial score (nSPS) is 18.3. The molecule has 1 aromatic carbocycles. The number of aryl methyl sites for hydroxylation is 1. The molecule has 0 heterocycles. The molecule has 1 saturated carbocycles. The van der Waals surface area contributed by atoms with Crippen LogP contribution < -0.4 is 0 Å². The number of rotatable bonds is 2. The summed E-state index contributed by atoms with van der Waals surface area (Å²) in [7, 11) is 0. The van der Waals surface area contributed by atoms with E-state index in [-0.39, 0.29) is 5.41 Å². The highest BCUT2D eigenvalue weighted by Gasteiger charge is 2.48. The van der Waals surface area contributed by atoms with Crippen molar-refractivity contribution in [3.05, 3.63) is 35.4 Å². The van der Waals surface area contributed by atoms with E-state index in [0.717, 1.165) is 12.8 Å². The van der Waals surface area contributed by atoms with Gasteiger partial charge in [-0.1, -0.05) is 29.8 Å². The zero-order valence-corrected chi connectivity index (χ0v) is 8.13. The van der Waals surface area contributed by atoms with E-state index in [9.17, 15) is 4.79 Å². The fourth-order valence-electron chi connectivity index (χ4n) is 1.84. The van der Waals surface area contributed by atoms with Crippen molar-refractivity contribution in [2.45, 2.75) is 32.1 Å². The summed E-state index contributed by atoms with van der Waals surface area (Å²) in [5, 5.41) is 0. The average Bonchev–Trinajstić information content (AvgIpc) is 2.86. The highest BCUT2D eigenvalue weighted by Crippen LogP contribution is 2.48. The molecule has 0 aliphatic heterocycles. The van der Waals surface area contributed by atoms with Gasteiger partial charge >= 0.3 is 0 Å². The van der Waals surface area contributed by atoms with Crippen LogP contribution in [0.2, 0.25) is 0 Å². The Morgan fingerprint density at radius 1 is 1.23 bits per heavy atom. The van der Waals surface area contributed by atoms with E-state index in [2.05, 4.69) is 31.2 Å². The van der Waals surface area contributed by atoms with E-state index in [1.54, 1.807) is 6.92 Å². The van der Waals surface area contributed by atoms with Crippen molar-refractivity contribution >= 4 is 5.78 Å². The Morgan fingerprint density at radius 3 is 2.15 bits per heavy atom. The molecule has 0 atom stereocenters. The van der Waals surface area contributed by atoms with Crippen molar-refractivity contribution in [3.63, 3.8) is 0 Å². The summed E-state index contributed by atoms with van der Waals surface area (Å²) < 4.78 is 0. The molecule has 1 nitrogen and oxygen atoms in total. The van der Waals surface area contributed by atoms with Crippen LogP contribution in [0.5, 0.6) is 0 Å². The second-order valence-electron chi connectivity index (χ2n) is 4.00. The molecule has 1 aliphatic carbocycles. The molecule has 1 heteroatoms. The molecule has 68 valence electrons. The Bertz CT molecular complexity index is 331. The summed E-state index contributed by atoms with van der Waals surface area (Å²) in [4.78, 5) is 11.4.